The predicted molar refractivity (Wildman–Crippen MR) is 95.4 cm³/mol. The zero-order chi connectivity index (χ0) is 16.8. The van der Waals surface area contributed by atoms with Crippen molar-refractivity contribution in [1.82, 2.24) is 5.32 Å². The molecule has 0 saturated heterocycles. The average Bonchev–Trinajstić information content (AvgIpc) is 3.09. The number of hydrogen-bond donors (Lipinski definition) is 1. The lowest BCUT2D eigenvalue weighted by molar-refractivity contribution is -0.150. The quantitative estimate of drug-likeness (QED) is 0.808. The first kappa shape index (κ1) is 16.7. The van der Waals surface area contributed by atoms with Crippen molar-refractivity contribution in [3.05, 3.63) is 71.8 Å². The van der Waals surface area contributed by atoms with Crippen molar-refractivity contribution < 1.29 is 9.53 Å². The molecule has 2 aromatic rings. The molecule has 0 heterocycles. The van der Waals surface area contributed by atoms with Crippen molar-refractivity contribution in [2.45, 2.75) is 44.9 Å². The van der Waals surface area contributed by atoms with Crippen LogP contribution in [-0.2, 0) is 16.1 Å². The molecule has 3 atom stereocenters. The molecular weight excluding hydrogens is 298 g/mol. The second-order valence-electron chi connectivity index (χ2n) is 6.54. The molecule has 0 amide bonds. The molecular formula is C21H25NO2. The van der Waals surface area contributed by atoms with E-state index in [-0.39, 0.29) is 24.0 Å². The maximum absolute atomic E-state index is 12.5. The fourth-order valence-corrected chi connectivity index (χ4v) is 3.44. The van der Waals surface area contributed by atoms with E-state index in [4.69, 9.17) is 4.74 Å². The SMILES string of the molecule is C[C@@H](N[C@@H]1CCC[C@H]1C(=O)OCc1ccccc1)c1ccccc1. The molecule has 0 aliphatic heterocycles. The molecule has 1 aliphatic carbocycles. The first-order valence-electron chi connectivity index (χ1n) is 8.75. The summed E-state index contributed by atoms with van der Waals surface area (Å²) in [4.78, 5) is 12.5. The summed E-state index contributed by atoms with van der Waals surface area (Å²) in [5, 5.41) is 3.62. The Kier molecular flexibility index (Phi) is 5.65. The molecule has 3 heteroatoms. The van der Waals surface area contributed by atoms with Crippen LogP contribution in [-0.4, -0.2) is 12.0 Å². The minimum absolute atomic E-state index is 0.0418. The van der Waals surface area contributed by atoms with Crippen LogP contribution in [0.4, 0.5) is 0 Å². The number of benzene rings is 2. The topological polar surface area (TPSA) is 38.3 Å². The molecule has 2 aromatic carbocycles. The molecule has 3 nitrogen and oxygen atoms in total. The molecule has 0 bridgehead atoms. The number of rotatable bonds is 6. The highest BCUT2D eigenvalue weighted by Crippen LogP contribution is 2.29. The third-order valence-electron chi connectivity index (χ3n) is 4.81. The van der Waals surface area contributed by atoms with Crippen molar-refractivity contribution in [1.29, 1.82) is 0 Å². The Bertz CT molecular complexity index is 641. The van der Waals surface area contributed by atoms with Crippen LogP contribution >= 0.6 is 0 Å². The van der Waals surface area contributed by atoms with Gasteiger partial charge in [-0.15, -0.1) is 0 Å². The van der Waals surface area contributed by atoms with E-state index in [1.165, 1.54) is 5.56 Å². The van der Waals surface area contributed by atoms with Crippen LogP contribution in [0, 0.1) is 5.92 Å². The van der Waals surface area contributed by atoms with Gasteiger partial charge in [0.25, 0.3) is 0 Å². The summed E-state index contributed by atoms with van der Waals surface area (Å²) in [6.45, 7) is 2.51. The maximum Gasteiger partial charge on any atom is 0.310 e. The van der Waals surface area contributed by atoms with Crippen molar-refractivity contribution >= 4 is 5.97 Å². The van der Waals surface area contributed by atoms with E-state index >= 15 is 0 Å². The monoisotopic (exact) mass is 323 g/mol. The Labute approximate surface area is 144 Å². The summed E-state index contributed by atoms with van der Waals surface area (Å²) in [6, 6.07) is 20.6. The van der Waals surface area contributed by atoms with Gasteiger partial charge >= 0.3 is 5.97 Å². The molecule has 3 rings (SSSR count). The minimum Gasteiger partial charge on any atom is -0.461 e. The number of ether oxygens (including phenoxy) is 1. The van der Waals surface area contributed by atoms with Gasteiger partial charge in [-0.2, -0.15) is 0 Å². The summed E-state index contributed by atoms with van der Waals surface area (Å²) in [6.07, 6.45) is 3.01. The maximum atomic E-state index is 12.5. The van der Waals surface area contributed by atoms with E-state index in [1.54, 1.807) is 0 Å². The van der Waals surface area contributed by atoms with Crippen molar-refractivity contribution in [2.24, 2.45) is 5.92 Å². The van der Waals surface area contributed by atoms with Gasteiger partial charge in [0, 0.05) is 12.1 Å². The third-order valence-corrected chi connectivity index (χ3v) is 4.81. The predicted octanol–water partition coefficient (Wildman–Crippen LogP) is 4.25. The number of hydrogen-bond acceptors (Lipinski definition) is 3. The van der Waals surface area contributed by atoms with Crippen LogP contribution in [0.25, 0.3) is 0 Å². The van der Waals surface area contributed by atoms with Crippen molar-refractivity contribution in [3.8, 4) is 0 Å². The molecule has 1 N–H and O–H groups in total. The summed E-state index contributed by atoms with van der Waals surface area (Å²) in [5.74, 6) is -0.117. The Hall–Kier alpha value is -2.13. The summed E-state index contributed by atoms with van der Waals surface area (Å²) < 4.78 is 5.55. The van der Waals surface area contributed by atoms with Crippen LogP contribution in [0.5, 0.6) is 0 Å². The van der Waals surface area contributed by atoms with E-state index < -0.39 is 0 Å². The fourth-order valence-electron chi connectivity index (χ4n) is 3.44. The first-order valence-corrected chi connectivity index (χ1v) is 8.75. The molecule has 0 radical (unpaired) electrons. The van der Waals surface area contributed by atoms with E-state index in [0.717, 1.165) is 24.8 Å². The smallest absolute Gasteiger partial charge is 0.310 e. The lowest BCUT2D eigenvalue weighted by Crippen LogP contribution is -2.38. The third kappa shape index (κ3) is 4.24. The normalized spacial score (nSPS) is 21.4. The summed E-state index contributed by atoms with van der Waals surface area (Å²) in [5.41, 5.74) is 2.28. The fraction of sp³-hybridized carbons (Fsp3) is 0.381. The number of carbonyl (C=O) groups is 1. The van der Waals surface area contributed by atoms with Gasteiger partial charge in [-0.3, -0.25) is 4.79 Å². The van der Waals surface area contributed by atoms with E-state index in [0.29, 0.717) is 6.61 Å². The van der Waals surface area contributed by atoms with Gasteiger partial charge < -0.3 is 10.1 Å². The van der Waals surface area contributed by atoms with Gasteiger partial charge in [-0.1, -0.05) is 67.1 Å². The van der Waals surface area contributed by atoms with Gasteiger partial charge in [0.15, 0.2) is 0 Å². The number of esters is 1. The van der Waals surface area contributed by atoms with Crippen LogP contribution in [0.1, 0.15) is 43.4 Å². The zero-order valence-electron chi connectivity index (χ0n) is 14.2. The summed E-state index contributed by atoms with van der Waals surface area (Å²) >= 11 is 0. The average molecular weight is 323 g/mol. The Morgan fingerprint density at radius 1 is 1.08 bits per heavy atom. The zero-order valence-corrected chi connectivity index (χ0v) is 14.2. The highest BCUT2D eigenvalue weighted by atomic mass is 16.5. The van der Waals surface area contributed by atoms with Gasteiger partial charge in [0.2, 0.25) is 0 Å². The van der Waals surface area contributed by atoms with E-state index in [1.807, 2.05) is 48.5 Å². The van der Waals surface area contributed by atoms with Crippen LogP contribution < -0.4 is 5.32 Å². The standard InChI is InChI=1S/C21H25NO2/c1-16(18-11-6-3-7-12-18)22-20-14-8-13-19(20)21(23)24-15-17-9-4-2-5-10-17/h2-7,9-12,16,19-20,22H,8,13-15H2,1H3/t16-,19-,20-/m1/s1. The molecule has 1 fully saturated rings. The van der Waals surface area contributed by atoms with Crippen LogP contribution in [0.15, 0.2) is 60.7 Å². The highest BCUT2D eigenvalue weighted by Gasteiger charge is 2.34. The molecule has 24 heavy (non-hydrogen) atoms. The lowest BCUT2D eigenvalue weighted by Gasteiger charge is -2.24. The molecule has 0 spiro atoms. The Balaban J connectivity index is 1.55. The Morgan fingerprint density at radius 2 is 1.75 bits per heavy atom. The van der Waals surface area contributed by atoms with Crippen molar-refractivity contribution in [2.75, 3.05) is 0 Å². The van der Waals surface area contributed by atoms with Crippen LogP contribution in [0.2, 0.25) is 0 Å². The van der Waals surface area contributed by atoms with Gasteiger partial charge in [-0.25, -0.2) is 0 Å². The molecule has 0 aromatic heterocycles. The molecule has 0 unspecified atom stereocenters. The van der Waals surface area contributed by atoms with Gasteiger partial charge in [0.05, 0.1) is 5.92 Å². The molecule has 126 valence electrons. The second kappa shape index (κ2) is 8.11. The van der Waals surface area contributed by atoms with Gasteiger partial charge in [-0.05, 0) is 30.9 Å². The van der Waals surface area contributed by atoms with Gasteiger partial charge in [0.1, 0.15) is 6.61 Å². The van der Waals surface area contributed by atoms with Crippen molar-refractivity contribution in [3.63, 3.8) is 0 Å². The minimum atomic E-state index is -0.0749. The first-order chi connectivity index (χ1) is 11.7. The van der Waals surface area contributed by atoms with E-state index in [9.17, 15) is 4.79 Å². The lowest BCUT2D eigenvalue weighted by atomic mass is 10.0. The molecule has 1 saturated carbocycles. The van der Waals surface area contributed by atoms with Crippen LogP contribution in [0.3, 0.4) is 0 Å². The second-order valence-corrected chi connectivity index (χ2v) is 6.54. The largest absolute Gasteiger partial charge is 0.461 e. The highest BCUT2D eigenvalue weighted by molar-refractivity contribution is 5.73. The van der Waals surface area contributed by atoms with E-state index in [2.05, 4.69) is 24.4 Å². The summed E-state index contributed by atoms with van der Waals surface area (Å²) in [7, 11) is 0. The molecule has 1 aliphatic rings. The number of nitrogens with one attached hydrogen (secondary N) is 1. The number of carbonyl (C=O) groups excluding carboxylic acids is 1. The Morgan fingerprint density at radius 3 is 2.46 bits per heavy atom.